The van der Waals surface area contributed by atoms with Gasteiger partial charge in [0.15, 0.2) is 0 Å². The first-order valence-corrected chi connectivity index (χ1v) is 10.7. The molecule has 1 aromatic carbocycles. The molecule has 2 heterocycles. The molecule has 1 spiro atoms. The van der Waals surface area contributed by atoms with E-state index in [9.17, 15) is 4.79 Å². The van der Waals surface area contributed by atoms with E-state index in [1.165, 1.54) is 18.4 Å². The van der Waals surface area contributed by atoms with Crippen molar-refractivity contribution in [2.45, 2.75) is 45.3 Å². The first-order valence-electron chi connectivity index (χ1n) is 10.7. The van der Waals surface area contributed by atoms with Crippen LogP contribution in [0.25, 0.3) is 0 Å². The zero-order valence-corrected chi connectivity index (χ0v) is 17.3. The van der Waals surface area contributed by atoms with E-state index < -0.39 is 0 Å². The highest BCUT2D eigenvalue weighted by atomic mass is 16.5. The fraction of sp³-hybridized carbons (Fsp3) is 0.565. The van der Waals surface area contributed by atoms with Crippen molar-refractivity contribution < 1.29 is 14.3 Å². The van der Waals surface area contributed by atoms with Crippen LogP contribution in [0.4, 0.5) is 0 Å². The van der Waals surface area contributed by atoms with Gasteiger partial charge in [-0.2, -0.15) is 5.10 Å². The smallest absolute Gasteiger partial charge is 0.341 e. The van der Waals surface area contributed by atoms with Crippen molar-refractivity contribution in [3.8, 4) is 0 Å². The van der Waals surface area contributed by atoms with Crippen molar-refractivity contribution in [3.05, 3.63) is 53.9 Å². The second kappa shape index (κ2) is 9.09. The van der Waals surface area contributed by atoms with Crippen molar-refractivity contribution in [1.82, 2.24) is 14.7 Å². The lowest BCUT2D eigenvalue weighted by molar-refractivity contribution is -0.0186. The van der Waals surface area contributed by atoms with Crippen LogP contribution in [-0.2, 0) is 16.1 Å². The molecule has 1 aromatic heterocycles. The Bertz CT molecular complexity index is 789. The van der Waals surface area contributed by atoms with Gasteiger partial charge in [0.2, 0.25) is 0 Å². The molecule has 6 nitrogen and oxygen atoms in total. The summed E-state index contributed by atoms with van der Waals surface area (Å²) in [5, 5.41) is 4.40. The van der Waals surface area contributed by atoms with Crippen molar-refractivity contribution in [3.63, 3.8) is 0 Å². The van der Waals surface area contributed by atoms with Crippen LogP contribution < -0.4 is 0 Å². The van der Waals surface area contributed by atoms with Gasteiger partial charge in [-0.15, -0.1) is 0 Å². The maximum atomic E-state index is 11.8. The average Bonchev–Trinajstić information content (AvgIpc) is 3.21. The maximum Gasteiger partial charge on any atom is 0.341 e. The molecule has 2 fully saturated rings. The summed E-state index contributed by atoms with van der Waals surface area (Å²) in [6.07, 6.45) is 8.28. The lowest BCUT2D eigenvalue weighted by Crippen LogP contribution is -2.48. The van der Waals surface area contributed by atoms with Crippen LogP contribution in [0.1, 0.15) is 54.6 Å². The van der Waals surface area contributed by atoms with Crippen molar-refractivity contribution in [2.75, 3.05) is 32.8 Å². The van der Waals surface area contributed by atoms with Gasteiger partial charge in [-0.1, -0.05) is 30.3 Å². The van der Waals surface area contributed by atoms with Crippen LogP contribution >= 0.6 is 0 Å². The molecule has 0 amide bonds. The summed E-state index contributed by atoms with van der Waals surface area (Å²) >= 11 is 0. The highest BCUT2D eigenvalue weighted by molar-refractivity contribution is 5.88. The minimum atomic E-state index is -0.282. The van der Waals surface area contributed by atoms with Crippen LogP contribution in [0, 0.1) is 5.41 Å². The van der Waals surface area contributed by atoms with E-state index in [2.05, 4.69) is 34.3 Å². The SMILES string of the molecule is CCOC(=O)c1cnn(C2CC3(CCN(CCOCc4ccccc4)CC3)C2)c1. The highest BCUT2D eigenvalue weighted by Crippen LogP contribution is 2.54. The molecule has 2 aromatic rings. The van der Waals surface area contributed by atoms with Gasteiger partial charge in [0, 0.05) is 12.7 Å². The summed E-state index contributed by atoms with van der Waals surface area (Å²) in [7, 11) is 0. The van der Waals surface area contributed by atoms with Crippen LogP contribution in [0.5, 0.6) is 0 Å². The van der Waals surface area contributed by atoms with Gasteiger partial charge < -0.3 is 14.4 Å². The Kier molecular flexibility index (Phi) is 6.31. The largest absolute Gasteiger partial charge is 0.462 e. The Balaban J connectivity index is 1.16. The molecule has 1 saturated heterocycles. The summed E-state index contributed by atoms with van der Waals surface area (Å²) in [5.41, 5.74) is 2.25. The van der Waals surface area contributed by atoms with Crippen molar-refractivity contribution in [1.29, 1.82) is 0 Å². The van der Waals surface area contributed by atoms with E-state index in [-0.39, 0.29) is 5.97 Å². The molecule has 0 unspecified atom stereocenters. The predicted octanol–water partition coefficient (Wildman–Crippen LogP) is 3.69. The van der Waals surface area contributed by atoms with Crippen molar-refractivity contribution in [2.24, 2.45) is 5.41 Å². The Morgan fingerprint density at radius 1 is 1.21 bits per heavy atom. The normalized spacial score (nSPS) is 19.2. The number of nitrogens with zero attached hydrogens (tertiary/aromatic N) is 3. The minimum Gasteiger partial charge on any atom is -0.462 e. The number of likely N-dealkylation sites (tertiary alicyclic amines) is 1. The number of benzene rings is 1. The number of hydrogen-bond donors (Lipinski definition) is 0. The quantitative estimate of drug-likeness (QED) is 0.502. The molecule has 0 radical (unpaired) electrons. The van der Waals surface area contributed by atoms with E-state index in [0.29, 0.717) is 30.2 Å². The van der Waals surface area contributed by atoms with Crippen molar-refractivity contribution >= 4 is 5.97 Å². The van der Waals surface area contributed by atoms with Gasteiger partial charge in [-0.25, -0.2) is 4.79 Å². The van der Waals surface area contributed by atoms with Gasteiger partial charge in [0.25, 0.3) is 0 Å². The summed E-state index contributed by atoms with van der Waals surface area (Å²) in [5.74, 6) is -0.282. The molecule has 1 aliphatic heterocycles. The third-order valence-corrected chi connectivity index (χ3v) is 6.40. The molecule has 156 valence electrons. The van der Waals surface area contributed by atoms with Crippen LogP contribution in [0.2, 0.25) is 0 Å². The number of hydrogen-bond acceptors (Lipinski definition) is 5. The molecular formula is C23H31N3O3. The number of ether oxygens (including phenoxy) is 2. The molecule has 1 aliphatic carbocycles. The fourth-order valence-electron chi connectivity index (χ4n) is 4.60. The van der Waals surface area contributed by atoms with E-state index in [4.69, 9.17) is 9.47 Å². The Morgan fingerprint density at radius 3 is 2.69 bits per heavy atom. The number of piperidine rings is 1. The summed E-state index contributed by atoms with van der Waals surface area (Å²) < 4.78 is 12.8. The van der Waals surface area contributed by atoms with Crippen LogP contribution in [0.3, 0.4) is 0 Å². The van der Waals surface area contributed by atoms with E-state index >= 15 is 0 Å². The summed E-state index contributed by atoms with van der Waals surface area (Å²) in [6, 6.07) is 10.8. The summed E-state index contributed by atoms with van der Waals surface area (Å²) in [6.45, 7) is 6.99. The van der Waals surface area contributed by atoms with E-state index in [1.807, 2.05) is 23.9 Å². The Labute approximate surface area is 172 Å². The first-order chi connectivity index (χ1) is 14.2. The molecular weight excluding hydrogens is 366 g/mol. The van der Waals surface area contributed by atoms with Gasteiger partial charge >= 0.3 is 5.97 Å². The number of carbonyl (C=O) groups is 1. The zero-order chi connectivity index (χ0) is 20.1. The zero-order valence-electron chi connectivity index (χ0n) is 17.3. The molecule has 6 heteroatoms. The van der Waals surface area contributed by atoms with Gasteiger partial charge in [-0.3, -0.25) is 4.68 Å². The predicted molar refractivity (Wildman–Crippen MR) is 111 cm³/mol. The fourth-order valence-corrected chi connectivity index (χ4v) is 4.60. The third kappa shape index (κ3) is 4.87. The molecule has 0 bridgehead atoms. The van der Waals surface area contributed by atoms with Gasteiger partial charge in [0.05, 0.1) is 37.6 Å². The van der Waals surface area contributed by atoms with Gasteiger partial charge in [0.1, 0.15) is 0 Å². The Hall–Kier alpha value is -2.18. The van der Waals surface area contributed by atoms with Gasteiger partial charge in [-0.05, 0) is 56.7 Å². The third-order valence-electron chi connectivity index (χ3n) is 6.40. The monoisotopic (exact) mass is 397 g/mol. The topological polar surface area (TPSA) is 56.6 Å². The standard InChI is InChI=1S/C23H31N3O3/c1-2-29-22(27)20-16-24-26(17-20)21-14-23(15-21)8-10-25(11-9-23)12-13-28-18-19-6-4-3-5-7-19/h3-7,16-17,21H,2,8-15,18H2,1H3. The first kappa shape index (κ1) is 20.1. The summed E-state index contributed by atoms with van der Waals surface area (Å²) in [4.78, 5) is 14.3. The van der Waals surface area contributed by atoms with E-state index in [1.54, 1.807) is 6.20 Å². The van der Waals surface area contributed by atoms with Crippen LogP contribution in [-0.4, -0.2) is 53.5 Å². The minimum absolute atomic E-state index is 0.282. The number of rotatable bonds is 8. The average molecular weight is 398 g/mol. The molecule has 1 saturated carbocycles. The van der Waals surface area contributed by atoms with E-state index in [0.717, 1.165) is 39.1 Å². The molecule has 2 aliphatic rings. The second-order valence-electron chi connectivity index (χ2n) is 8.37. The molecule has 29 heavy (non-hydrogen) atoms. The lowest BCUT2D eigenvalue weighted by atomic mass is 9.60. The molecule has 0 atom stereocenters. The molecule has 4 rings (SSSR count). The highest BCUT2D eigenvalue weighted by Gasteiger charge is 2.46. The number of esters is 1. The van der Waals surface area contributed by atoms with Crippen LogP contribution in [0.15, 0.2) is 42.7 Å². The molecule has 0 N–H and O–H groups in total. The Morgan fingerprint density at radius 2 is 1.97 bits per heavy atom. The maximum absolute atomic E-state index is 11.8. The second-order valence-corrected chi connectivity index (χ2v) is 8.37. The number of carbonyl (C=O) groups excluding carboxylic acids is 1. The number of aromatic nitrogens is 2. The lowest BCUT2D eigenvalue weighted by Gasteiger charge is -2.52.